The molecule has 1 aliphatic heterocycles. The number of para-hydroxylation sites is 4. The number of ether oxygens (including phenoxy) is 4. The molecule has 4 aromatic heterocycles. The van der Waals surface area contributed by atoms with E-state index in [0.29, 0.717) is 97.1 Å². The maximum atomic E-state index is 12.2. The Morgan fingerprint density at radius 2 is 0.635 bits per heavy atom. The zero-order valence-corrected chi connectivity index (χ0v) is 87.0. The van der Waals surface area contributed by atoms with Crippen LogP contribution >= 0.6 is 92.8 Å². The number of methoxy groups -OCH3 is 3. The van der Waals surface area contributed by atoms with E-state index in [4.69, 9.17) is 117 Å². The van der Waals surface area contributed by atoms with Crippen LogP contribution in [0, 0.1) is 35.1 Å². The number of carbonyl (C=O) groups excluding carboxylic acids is 6. The van der Waals surface area contributed by atoms with Crippen LogP contribution in [0.2, 0.25) is 40.2 Å². The largest absolute Gasteiger partial charge is 2.00 e. The Bertz CT molecular complexity index is 7240. The second-order valence-electron chi connectivity index (χ2n) is 32.0. The Balaban J connectivity index is 0.000000640. The summed E-state index contributed by atoms with van der Waals surface area (Å²) in [6.07, 6.45) is 4.11. The first-order valence-electron chi connectivity index (χ1n) is 42.6. The molecule has 5 heterocycles. The van der Waals surface area contributed by atoms with Gasteiger partial charge in [-0.3, -0.25) is 9.59 Å². The molecule has 0 bridgehead atoms. The Morgan fingerprint density at radius 1 is 0.378 bits per heavy atom. The average molecular weight is 2240 g/mol. The molecule has 23 nitrogen and oxygen atoms in total. The van der Waals surface area contributed by atoms with E-state index in [1.54, 1.807) is 136 Å². The zero-order valence-electron chi connectivity index (χ0n) is 78.0. The fraction of sp³-hybridized carbons (Fsp3) is 0.209. The van der Waals surface area contributed by atoms with E-state index in [9.17, 15) is 33.9 Å². The van der Waals surface area contributed by atoms with Gasteiger partial charge in [0.15, 0.2) is 17.1 Å². The first kappa shape index (κ1) is 132. The molecule has 12 aromatic carbocycles. The van der Waals surface area contributed by atoms with Gasteiger partial charge >= 0.3 is 41.0 Å². The molecule has 0 spiro atoms. The normalized spacial score (nSPS) is 10.5. The van der Waals surface area contributed by atoms with Crippen molar-refractivity contribution in [1.82, 2.24) is 39.1 Å². The molecule has 5 N–H and O–H groups in total. The standard InChI is InChI=1S/C27H25Cl2N3O2.C26H21Cl2N3O3.C25H17Cl2N3O3.C24H19Cl2N3O2.C4H8O.8CH4.CH3.BrH.Mg/c1-16-13-19(18-7-5-8-20(14-18)30-17(2)33)11-12-21(16)24-15-25(27(3,4)34)31-32(24)26-22(28)9-6-10-23(26)29;1-15-12-18(17-6-4-7-19(13-17)29-16(2)32)10-11-20(15)24-14-23(26(33)34-3)30-31(24)25-21(27)8-5-9-22(25)28;1-15-11-17(16-5-3-6-18(12-16)28-14-31)9-10-19(15)23-13-22(25(32)33-2)29-30(23)24-20(26)7-4-8-21(24)27;1-14-11-16(15-5-3-6-17(27)12-15)9-10-18(14)22-13-21(24(30)31-2)28-29(22)23-19(25)7-4-8-20(23)26;1-2-4-5-3-1;;;;;;;;;;;/h5-15,34H,1-4H3,(H,30,33);4-14H,1-3H3,(H,29,32);3-13H,1-2H3;3-13H,27H2,1-2H3;1-4H2;8*1H4;1H3;1H;/q;;;;;;;;;;;;;-1;;+2/p-1. The first-order valence-corrected chi connectivity index (χ1v) is 45.6. The number of carbonyl (C=O) groups is 5. The Labute approximate surface area is 936 Å². The summed E-state index contributed by atoms with van der Waals surface area (Å²) < 4.78 is 25.9. The van der Waals surface area contributed by atoms with Gasteiger partial charge in [-0.25, -0.2) is 37.9 Å². The molecular weight excluding hydrogens is 2110 g/mol. The molecule has 1 fully saturated rings. The molecule has 776 valence electrons. The molecule has 0 atom stereocenters. The molecule has 33 heteroatoms. The maximum Gasteiger partial charge on any atom is 2.00 e. The van der Waals surface area contributed by atoms with E-state index in [1.807, 2.05) is 185 Å². The zero-order chi connectivity index (χ0) is 98.2. The third-order valence-corrected chi connectivity index (χ3v) is 24.1. The number of aliphatic imine (C=N–C) groups is 1. The van der Waals surface area contributed by atoms with Crippen LogP contribution in [-0.4, -0.2) is 138 Å². The molecule has 0 saturated carbocycles. The quantitative estimate of drug-likeness (QED) is 0.0111. The first-order chi connectivity index (χ1) is 65.6. The minimum atomic E-state index is -1.15. The third-order valence-electron chi connectivity index (χ3n) is 21.7. The van der Waals surface area contributed by atoms with Crippen molar-refractivity contribution in [2.45, 2.75) is 133 Å². The fourth-order valence-electron chi connectivity index (χ4n) is 15.2. The number of isocyanates is 1. The minimum absolute atomic E-state index is 0. The van der Waals surface area contributed by atoms with E-state index in [0.717, 1.165) is 119 Å². The van der Waals surface area contributed by atoms with Crippen molar-refractivity contribution in [3.8, 4) is 112 Å². The second-order valence-corrected chi connectivity index (χ2v) is 35.2. The minimum Gasteiger partial charge on any atom is -1.00 e. The van der Waals surface area contributed by atoms with Crippen molar-refractivity contribution in [2.24, 2.45) is 4.99 Å². The number of aromatic nitrogens is 8. The number of esters is 3. The smallest absolute Gasteiger partial charge is 1.00 e. The van der Waals surface area contributed by atoms with E-state index in [1.165, 1.54) is 48.0 Å². The molecule has 0 radical (unpaired) electrons. The summed E-state index contributed by atoms with van der Waals surface area (Å²) in [7, 11) is 3.92. The predicted octanol–water partition coefficient (Wildman–Crippen LogP) is 29.3. The van der Waals surface area contributed by atoms with E-state index >= 15 is 0 Å². The third kappa shape index (κ3) is 31.8. The van der Waals surface area contributed by atoms with Crippen molar-refractivity contribution in [3.63, 3.8) is 0 Å². The van der Waals surface area contributed by atoms with Crippen LogP contribution in [0.3, 0.4) is 0 Å². The van der Waals surface area contributed by atoms with E-state index in [-0.39, 0.29) is 136 Å². The molecule has 0 unspecified atom stereocenters. The van der Waals surface area contributed by atoms with Gasteiger partial charge in [-0.15, -0.1) is 0 Å². The van der Waals surface area contributed by atoms with Gasteiger partial charge in [0, 0.05) is 66.4 Å². The van der Waals surface area contributed by atoms with Crippen LogP contribution in [0.5, 0.6) is 0 Å². The summed E-state index contributed by atoms with van der Waals surface area (Å²) in [6, 6.07) is 82.0. The summed E-state index contributed by atoms with van der Waals surface area (Å²) in [4.78, 5) is 73.8. The number of aliphatic hydroxyl groups is 1. The average Bonchev–Trinajstić information content (AvgIpc) is 1.62. The van der Waals surface area contributed by atoms with Crippen LogP contribution < -0.4 is 33.3 Å². The van der Waals surface area contributed by atoms with Gasteiger partial charge in [0.2, 0.25) is 17.9 Å². The summed E-state index contributed by atoms with van der Waals surface area (Å²) >= 11 is 51.6. The predicted molar refractivity (Wildman–Crippen MR) is 613 cm³/mol. The van der Waals surface area contributed by atoms with Crippen molar-refractivity contribution < 1.29 is 69.8 Å². The molecule has 17 rings (SSSR count). The number of nitrogens with zero attached hydrogens (tertiary/aromatic N) is 9. The Hall–Kier alpha value is -12.5. The number of rotatable bonds is 19. The van der Waals surface area contributed by atoms with Gasteiger partial charge in [0.05, 0.1) is 95.7 Å². The van der Waals surface area contributed by atoms with Gasteiger partial charge in [-0.05, 0) is 242 Å². The molecule has 16 aromatic rings. The number of hydrogen-bond donors (Lipinski definition) is 4. The van der Waals surface area contributed by atoms with Crippen LogP contribution in [-0.2, 0) is 38.9 Å². The number of nitrogen functional groups attached to an aromatic ring is 1. The number of benzene rings is 12. The van der Waals surface area contributed by atoms with Crippen molar-refractivity contribution in [2.75, 3.05) is 50.9 Å². The molecule has 148 heavy (non-hydrogen) atoms. The Morgan fingerprint density at radius 3 is 0.892 bits per heavy atom. The molecule has 1 aliphatic rings. The SMILES string of the molecule is C.C.C.C.C.C.C.C.C1CCOC1.CC(=O)Nc1cccc(-c2ccc(-c3cc(C(C)(C)O)nn3-c3c(Cl)cccc3Cl)c(C)c2)c1.COC(=O)c1cc(-c2ccc(-c3cccc(N)c3)cc2C)n(-c2c(Cl)cccc2Cl)n1.COC(=O)c1cc(-c2ccc(-c3cccc(N=C=O)c3)cc2C)n(-c2c(Cl)cccc2Cl)n1.COC(=O)c1cc(-c2ccc(-c3cccc(NC(C)=O)c3)cc2C)n(-c2c(Cl)cccc2Cl)n1.[Br-].[CH3-].[Mg+2]. The van der Waals surface area contributed by atoms with Crippen molar-refractivity contribution >= 4 is 174 Å². The fourth-order valence-corrected chi connectivity index (χ4v) is 17.4. The molecule has 2 amide bonds. The topological polar surface area (TPSA) is 293 Å². The number of aryl methyl sites for hydroxylation is 4. The van der Waals surface area contributed by atoms with E-state index < -0.39 is 23.5 Å². The van der Waals surface area contributed by atoms with Gasteiger partial charge in [0.25, 0.3) is 0 Å². The monoisotopic (exact) mass is 2230 g/mol. The van der Waals surface area contributed by atoms with E-state index in [2.05, 4.69) is 48.2 Å². The van der Waals surface area contributed by atoms with Gasteiger partial charge < -0.3 is 64.8 Å². The van der Waals surface area contributed by atoms with Gasteiger partial charge in [-0.1, -0.05) is 298 Å². The van der Waals surface area contributed by atoms with Crippen molar-refractivity contribution in [3.05, 3.63) is 360 Å². The number of amides is 2. The number of nitrogens with one attached hydrogen (secondary N) is 2. The summed E-state index contributed by atoms with van der Waals surface area (Å²) in [6.45, 7) is 16.3. The summed E-state index contributed by atoms with van der Waals surface area (Å²) in [5, 5.41) is 37.6. The van der Waals surface area contributed by atoms with Gasteiger partial charge in [0.1, 0.15) is 28.4 Å². The maximum absolute atomic E-state index is 12.2. The summed E-state index contributed by atoms with van der Waals surface area (Å²) in [5.74, 6) is -1.92. The van der Waals surface area contributed by atoms with Gasteiger partial charge in [-0.2, -0.15) is 25.4 Å². The molecular formula is C115H125BrCl8MgN12O11. The number of nitrogens with two attached hydrogens (primary N) is 1. The number of anilines is 3. The van der Waals surface area contributed by atoms with Crippen LogP contribution in [0.15, 0.2) is 272 Å². The molecule has 0 aliphatic carbocycles. The summed E-state index contributed by atoms with van der Waals surface area (Å²) in [5.41, 5.74) is 28.3. The second kappa shape index (κ2) is 59.6. The van der Waals surface area contributed by atoms with Crippen molar-refractivity contribution in [1.29, 1.82) is 0 Å². The Kier molecular flexibility index (Phi) is 53.0. The molecule has 1 saturated heterocycles. The number of hydrogen-bond acceptors (Lipinski definition) is 17. The van der Waals surface area contributed by atoms with Crippen LogP contribution in [0.4, 0.5) is 22.7 Å². The van der Waals surface area contributed by atoms with Crippen LogP contribution in [0.25, 0.3) is 112 Å². The van der Waals surface area contributed by atoms with Crippen LogP contribution in [0.1, 0.15) is 159 Å². The number of halogens is 9.